The van der Waals surface area contributed by atoms with Crippen LogP contribution in [0.15, 0.2) is 42.5 Å². The van der Waals surface area contributed by atoms with E-state index in [1.807, 2.05) is 42.5 Å². The van der Waals surface area contributed by atoms with E-state index in [0.717, 1.165) is 16.8 Å². The zero-order valence-electron chi connectivity index (χ0n) is 12.1. The number of para-hydroxylation sites is 1. The second-order valence-corrected chi connectivity index (χ2v) is 4.97. The molecule has 0 saturated carbocycles. The Balaban J connectivity index is 1.99. The zero-order valence-corrected chi connectivity index (χ0v) is 12.1. The second kappa shape index (κ2) is 5.48. The van der Waals surface area contributed by atoms with Gasteiger partial charge in [-0.25, -0.2) is 0 Å². The highest BCUT2D eigenvalue weighted by atomic mass is 16.5. The third-order valence-corrected chi connectivity index (χ3v) is 3.74. The summed E-state index contributed by atoms with van der Waals surface area (Å²) in [5, 5.41) is 0. The number of benzene rings is 2. The maximum Gasteiger partial charge on any atom is 0.231 e. The van der Waals surface area contributed by atoms with Crippen molar-refractivity contribution in [2.75, 3.05) is 19.1 Å². The molecule has 21 heavy (non-hydrogen) atoms. The van der Waals surface area contributed by atoms with Gasteiger partial charge >= 0.3 is 0 Å². The summed E-state index contributed by atoms with van der Waals surface area (Å²) in [6, 6.07) is 13.6. The summed E-state index contributed by atoms with van der Waals surface area (Å²) in [6.07, 6.45) is 0.380. The van der Waals surface area contributed by atoms with E-state index in [1.165, 1.54) is 0 Å². The monoisotopic (exact) mass is 283 g/mol. The molecule has 3 rings (SSSR count). The van der Waals surface area contributed by atoms with E-state index < -0.39 is 0 Å². The molecule has 2 aromatic carbocycles. The van der Waals surface area contributed by atoms with Gasteiger partial charge in [0, 0.05) is 5.69 Å². The standard InChI is InChI=1S/C17H17NO3/c1-20-15-8-12-10-17(19)18(14-6-4-3-5-7-14)11-13(12)9-16(15)21-2/h3-9H,10-11H2,1-2H3. The smallest absolute Gasteiger partial charge is 0.231 e. The van der Waals surface area contributed by atoms with Crippen molar-refractivity contribution in [3.63, 3.8) is 0 Å². The minimum absolute atomic E-state index is 0.0981. The van der Waals surface area contributed by atoms with Gasteiger partial charge in [0.15, 0.2) is 11.5 Å². The number of methoxy groups -OCH3 is 2. The van der Waals surface area contributed by atoms with Crippen LogP contribution in [0.1, 0.15) is 11.1 Å². The van der Waals surface area contributed by atoms with Gasteiger partial charge in [-0.3, -0.25) is 4.79 Å². The Kier molecular flexibility index (Phi) is 3.52. The molecule has 0 spiro atoms. The van der Waals surface area contributed by atoms with Gasteiger partial charge in [-0.05, 0) is 35.4 Å². The van der Waals surface area contributed by atoms with Gasteiger partial charge < -0.3 is 14.4 Å². The normalized spacial score (nSPS) is 13.8. The van der Waals surface area contributed by atoms with Crippen LogP contribution in [0, 0.1) is 0 Å². The van der Waals surface area contributed by atoms with E-state index in [2.05, 4.69) is 0 Å². The molecule has 108 valence electrons. The highest BCUT2D eigenvalue weighted by molar-refractivity contribution is 5.96. The quantitative estimate of drug-likeness (QED) is 0.869. The molecule has 4 nitrogen and oxygen atoms in total. The number of ether oxygens (including phenoxy) is 2. The van der Waals surface area contributed by atoms with Crippen molar-refractivity contribution in [3.8, 4) is 11.5 Å². The minimum Gasteiger partial charge on any atom is -0.493 e. The lowest BCUT2D eigenvalue weighted by molar-refractivity contribution is -0.118. The summed E-state index contributed by atoms with van der Waals surface area (Å²) in [4.78, 5) is 14.2. The topological polar surface area (TPSA) is 38.8 Å². The van der Waals surface area contributed by atoms with E-state index in [1.54, 1.807) is 19.1 Å². The molecule has 0 saturated heterocycles. The summed E-state index contributed by atoms with van der Waals surface area (Å²) in [7, 11) is 3.22. The molecule has 1 aliphatic rings. The molecular formula is C17H17NO3. The molecular weight excluding hydrogens is 266 g/mol. The SMILES string of the molecule is COc1cc2c(cc1OC)CN(c1ccccc1)C(=O)C2. The molecule has 1 aliphatic heterocycles. The number of carbonyl (C=O) groups is 1. The lowest BCUT2D eigenvalue weighted by Crippen LogP contribution is -2.36. The van der Waals surface area contributed by atoms with Crippen molar-refractivity contribution in [1.82, 2.24) is 0 Å². The number of rotatable bonds is 3. The van der Waals surface area contributed by atoms with E-state index >= 15 is 0 Å². The highest BCUT2D eigenvalue weighted by Crippen LogP contribution is 2.34. The van der Waals surface area contributed by atoms with Crippen LogP contribution in [0.3, 0.4) is 0 Å². The maximum atomic E-state index is 12.4. The first kappa shape index (κ1) is 13.5. The molecule has 0 unspecified atom stereocenters. The van der Waals surface area contributed by atoms with Gasteiger partial charge in [0.1, 0.15) is 0 Å². The molecule has 0 aromatic heterocycles. The fourth-order valence-electron chi connectivity index (χ4n) is 2.64. The summed E-state index contributed by atoms with van der Waals surface area (Å²) in [5.74, 6) is 1.46. The van der Waals surface area contributed by atoms with E-state index in [9.17, 15) is 4.79 Å². The summed E-state index contributed by atoms with van der Waals surface area (Å²) >= 11 is 0. The number of carbonyl (C=O) groups excluding carboxylic acids is 1. The average molecular weight is 283 g/mol. The highest BCUT2D eigenvalue weighted by Gasteiger charge is 2.25. The molecule has 1 heterocycles. The molecule has 0 atom stereocenters. The molecule has 0 bridgehead atoms. The van der Waals surface area contributed by atoms with Crippen LogP contribution in [0.2, 0.25) is 0 Å². The first-order valence-corrected chi connectivity index (χ1v) is 6.82. The zero-order chi connectivity index (χ0) is 14.8. The van der Waals surface area contributed by atoms with Gasteiger partial charge in [0.2, 0.25) is 5.91 Å². The minimum atomic E-state index is 0.0981. The van der Waals surface area contributed by atoms with Crippen LogP contribution < -0.4 is 14.4 Å². The van der Waals surface area contributed by atoms with Crippen LogP contribution in [-0.2, 0) is 17.8 Å². The predicted molar refractivity (Wildman–Crippen MR) is 80.9 cm³/mol. The van der Waals surface area contributed by atoms with E-state index in [-0.39, 0.29) is 5.91 Å². The lowest BCUT2D eigenvalue weighted by atomic mass is 9.97. The number of anilines is 1. The Morgan fingerprint density at radius 1 is 0.952 bits per heavy atom. The third kappa shape index (κ3) is 2.44. The van der Waals surface area contributed by atoms with Gasteiger partial charge in [-0.2, -0.15) is 0 Å². The van der Waals surface area contributed by atoms with Crippen LogP contribution in [0.4, 0.5) is 5.69 Å². The molecule has 0 aliphatic carbocycles. The molecule has 4 heteroatoms. The van der Waals surface area contributed by atoms with Crippen LogP contribution in [0.5, 0.6) is 11.5 Å². The van der Waals surface area contributed by atoms with Gasteiger partial charge in [-0.15, -0.1) is 0 Å². The summed E-state index contributed by atoms with van der Waals surface area (Å²) < 4.78 is 10.6. The maximum absolute atomic E-state index is 12.4. The Labute approximate surface area is 123 Å². The number of nitrogens with zero attached hydrogens (tertiary/aromatic N) is 1. The number of amides is 1. The Morgan fingerprint density at radius 3 is 2.19 bits per heavy atom. The Hall–Kier alpha value is -2.49. The van der Waals surface area contributed by atoms with Crippen LogP contribution in [0.25, 0.3) is 0 Å². The lowest BCUT2D eigenvalue weighted by Gasteiger charge is -2.29. The van der Waals surface area contributed by atoms with Crippen molar-refractivity contribution >= 4 is 11.6 Å². The fraction of sp³-hybridized carbons (Fsp3) is 0.235. The van der Waals surface area contributed by atoms with Crippen LogP contribution in [-0.4, -0.2) is 20.1 Å². The summed E-state index contributed by atoms with van der Waals surface area (Å²) in [6.45, 7) is 0.554. The van der Waals surface area contributed by atoms with Crippen molar-refractivity contribution in [2.24, 2.45) is 0 Å². The van der Waals surface area contributed by atoms with E-state index in [4.69, 9.17) is 9.47 Å². The van der Waals surface area contributed by atoms with Crippen molar-refractivity contribution in [2.45, 2.75) is 13.0 Å². The molecule has 1 amide bonds. The van der Waals surface area contributed by atoms with Gasteiger partial charge in [-0.1, -0.05) is 18.2 Å². The fourth-order valence-corrected chi connectivity index (χ4v) is 2.64. The van der Waals surface area contributed by atoms with Crippen molar-refractivity contribution in [3.05, 3.63) is 53.6 Å². The third-order valence-electron chi connectivity index (χ3n) is 3.74. The number of hydrogen-bond donors (Lipinski definition) is 0. The Bertz CT molecular complexity index is 667. The van der Waals surface area contributed by atoms with Crippen LogP contribution >= 0.6 is 0 Å². The first-order valence-electron chi connectivity index (χ1n) is 6.82. The summed E-state index contributed by atoms with van der Waals surface area (Å²) in [5.41, 5.74) is 3.02. The predicted octanol–water partition coefficient (Wildman–Crippen LogP) is 2.79. The number of hydrogen-bond acceptors (Lipinski definition) is 3. The Morgan fingerprint density at radius 2 is 1.57 bits per heavy atom. The van der Waals surface area contributed by atoms with Crippen molar-refractivity contribution < 1.29 is 14.3 Å². The molecule has 0 N–H and O–H groups in total. The number of fused-ring (bicyclic) bond motifs is 1. The van der Waals surface area contributed by atoms with Gasteiger partial charge in [0.05, 0.1) is 27.2 Å². The van der Waals surface area contributed by atoms with E-state index in [0.29, 0.717) is 24.5 Å². The second-order valence-electron chi connectivity index (χ2n) is 4.97. The van der Waals surface area contributed by atoms with Gasteiger partial charge in [0.25, 0.3) is 0 Å². The average Bonchev–Trinajstić information content (AvgIpc) is 2.53. The molecule has 0 radical (unpaired) electrons. The largest absolute Gasteiger partial charge is 0.493 e. The molecule has 2 aromatic rings. The molecule has 0 fully saturated rings. The van der Waals surface area contributed by atoms with Crippen molar-refractivity contribution in [1.29, 1.82) is 0 Å². The first-order chi connectivity index (χ1) is 10.2.